The predicted molar refractivity (Wildman–Crippen MR) is 391 cm³/mol. The normalized spacial score (nSPS) is 11.4. The highest BCUT2D eigenvalue weighted by molar-refractivity contribution is 6.18. The van der Waals surface area contributed by atoms with E-state index in [0.717, 1.165) is 122 Å². The molecule has 0 saturated heterocycles. The molecule has 0 bridgehead atoms. The van der Waals surface area contributed by atoms with Crippen LogP contribution in [0.3, 0.4) is 0 Å². The molecule has 0 amide bonds. The molecule has 0 aliphatic carbocycles. The summed E-state index contributed by atoms with van der Waals surface area (Å²) in [5, 5.41) is 7.09. The Morgan fingerprint density at radius 2 is 0.511 bits per heavy atom. The van der Waals surface area contributed by atoms with Crippen LogP contribution in [0.2, 0.25) is 0 Å². The van der Waals surface area contributed by atoms with Gasteiger partial charge in [0.05, 0.1) is 44.5 Å². The van der Waals surface area contributed by atoms with E-state index in [1.807, 2.05) is 24.3 Å². The summed E-state index contributed by atoms with van der Waals surface area (Å²) in [7, 11) is 0. The number of rotatable bonds is 10. The summed E-state index contributed by atoms with van der Waals surface area (Å²) in [6.45, 7) is 0. The molecule has 14 aromatic carbocycles. The summed E-state index contributed by atoms with van der Waals surface area (Å²) in [6.07, 6.45) is 0. The molecule has 18 rings (SSSR count). The van der Waals surface area contributed by atoms with Gasteiger partial charge in [0.15, 0.2) is 0 Å². The Bertz CT molecular complexity index is 5820. The zero-order valence-corrected chi connectivity index (χ0v) is 51.2. The van der Waals surface area contributed by atoms with Crippen LogP contribution in [0.5, 0.6) is 0 Å². The second-order valence-electron chi connectivity index (χ2n) is 23.6. The lowest BCUT2D eigenvalue weighted by Crippen LogP contribution is -1.97. The van der Waals surface area contributed by atoms with E-state index in [0.29, 0.717) is 0 Å². The number of hydrogen-bond acceptors (Lipinski definition) is 4. The minimum Gasteiger partial charge on any atom is -0.292 e. The zero-order chi connectivity index (χ0) is 62.3. The maximum Gasteiger partial charge on any atom is 0.145 e. The Labute approximate surface area is 544 Å². The number of hydrogen-bond donors (Lipinski definition) is 0. The van der Waals surface area contributed by atoms with Crippen LogP contribution in [-0.4, -0.2) is 29.1 Å². The second kappa shape index (κ2) is 24.0. The second-order valence-corrected chi connectivity index (χ2v) is 23.6. The minimum absolute atomic E-state index is 0.933. The Morgan fingerprint density at radius 3 is 0.979 bits per heavy atom. The van der Waals surface area contributed by atoms with Crippen molar-refractivity contribution in [3.63, 3.8) is 0 Å². The van der Waals surface area contributed by atoms with Crippen LogP contribution in [0.4, 0.5) is 0 Å². The molecule has 0 atom stereocenters. The van der Waals surface area contributed by atoms with E-state index in [4.69, 9.17) is 19.9 Å². The van der Waals surface area contributed by atoms with Gasteiger partial charge in [0, 0.05) is 65.9 Å². The molecule has 0 N–H and O–H groups in total. The molecule has 18 aromatic rings. The van der Waals surface area contributed by atoms with E-state index >= 15 is 0 Å². The molecule has 0 radical (unpaired) electrons. The smallest absolute Gasteiger partial charge is 0.145 e. The fourth-order valence-corrected chi connectivity index (χ4v) is 13.6. The Morgan fingerprint density at radius 1 is 0.191 bits per heavy atom. The molecule has 4 aromatic heterocycles. The highest BCUT2D eigenvalue weighted by Crippen LogP contribution is 2.43. The molecule has 6 nitrogen and oxygen atoms in total. The van der Waals surface area contributed by atoms with Crippen LogP contribution in [0.25, 0.3) is 167 Å². The molecule has 0 aliphatic rings. The number of pyridine rings is 2. The van der Waals surface area contributed by atoms with Crippen molar-refractivity contribution in [3.8, 4) is 101 Å². The molecule has 0 fully saturated rings. The van der Waals surface area contributed by atoms with E-state index in [1.165, 1.54) is 44.2 Å². The van der Waals surface area contributed by atoms with Gasteiger partial charge in [-0.2, -0.15) is 0 Å². The van der Waals surface area contributed by atoms with Gasteiger partial charge in [0.1, 0.15) is 11.6 Å². The molecule has 0 spiro atoms. The van der Waals surface area contributed by atoms with E-state index in [1.54, 1.807) is 0 Å². The van der Waals surface area contributed by atoms with Crippen LogP contribution < -0.4 is 0 Å². The highest BCUT2D eigenvalue weighted by Gasteiger charge is 2.20. The summed E-state index contributed by atoms with van der Waals surface area (Å²) < 4.78 is 4.50. The molecular formula is C88H58N6. The maximum absolute atomic E-state index is 5.14. The van der Waals surface area contributed by atoms with Gasteiger partial charge in [-0.25, -0.2) is 19.9 Å². The fourth-order valence-electron chi connectivity index (χ4n) is 13.6. The summed E-state index contributed by atoms with van der Waals surface area (Å²) in [6, 6.07) is 124. The van der Waals surface area contributed by atoms with Gasteiger partial charge in [-0.05, 0) is 117 Å². The summed E-state index contributed by atoms with van der Waals surface area (Å²) in [5.74, 6) is 1.87. The average Bonchev–Trinajstić information content (AvgIpc) is 1.03. The molecule has 4 heterocycles. The quantitative estimate of drug-likeness (QED) is 0.128. The van der Waals surface area contributed by atoms with Crippen LogP contribution in [0.15, 0.2) is 352 Å². The van der Waals surface area contributed by atoms with Gasteiger partial charge in [0.2, 0.25) is 0 Å². The van der Waals surface area contributed by atoms with E-state index < -0.39 is 0 Å². The largest absolute Gasteiger partial charge is 0.292 e. The van der Waals surface area contributed by atoms with Crippen molar-refractivity contribution in [3.05, 3.63) is 352 Å². The van der Waals surface area contributed by atoms with E-state index in [9.17, 15) is 0 Å². The van der Waals surface area contributed by atoms with Gasteiger partial charge in [0.25, 0.3) is 0 Å². The highest BCUT2D eigenvalue weighted by atomic mass is 15.1. The van der Waals surface area contributed by atoms with Crippen molar-refractivity contribution in [2.24, 2.45) is 0 Å². The molecule has 0 saturated carbocycles. The number of aromatic nitrogens is 6. The zero-order valence-electron chi connectivity index (χ0n) is 51.2. The lowest BCUT2D eigenvalue weighted by Gasteiger charge is -2.15. The monoisotopic (exact) mass is 1200 g/mol. The number of nitrogens with zero attached hydrogens (tertiary/aromatic N) is 6. The number of imidazole rings is 2. The number of fused-ring (bicyclic) bond motifs is 8. The van der Waals surface area contributed by atoms with Crippen molar-refractivity contribution in [2.45, 2.75) is 0 Å². The third-order valence-corrected chi connectivity index (χ3v) is 18.0. The Kier molecular flexibility index (Phi) is 14.1. The molecule has 440 valence electrons. The number of benzene rings is 14. The summed E-state index contributed by atoms with van der Waals surface area (Å²) in [4.78, 5) is 20.4. The van der Waals surface area contributed by atoms with Crippen LogP contribution in [0, 0.1) is 0 Å². The number of para-hydroxylation sites is 7. The first-order valence-electron chi connectivity index (χ1n) is 31.9. The van der Waals surface area contributed by atoms with E-state index in [2.05, 4.69) is 337 Å². The van der Waals surface area contributed by atoms with Crippen molar-refractivity contribution in [1.29, 1.82) is 0 Å². The topological polar surface area (TPSA) is 61.4 Å². The average molecular weight is 1200 g/mol. The molecule has 0 unspecified atom stereocenters. The molecular weight excluding hydrogens is 1140 g/mol. The summed E-state index contributed by atoms with van der Waals surface area (Å²) in [5.41, 5.74) is 24.2. The van der Waals surface area contributed by atoms with Crippen molar-refractivity contribution < 1.29 is 0 Å². The molecule has 94 heavy (non-hydrogen) atoms. The van der Waals surface area contributed by atoms with Gasteiger partial charge in [-0.15, -0.1) is 0 Å². The molecule has 0 aliphatic heterocycles. The lowest BCUT2D eigenvalue weighted by molar-refractivity contribution is 1.10. The predicted octanol–water partition coefficient (Wildman–Crippen LogP) is 22.8. The minimum atomic E-state index is 0.933. The van der Waals surface area contributed by atoms with Crippen LogP contribution in [0.1, 0.15) is 0 Å². The first-order valence-corrected chi connectivity index (χ1v) is 31.9. The van der Waals surface area contributed by atoms with Crippen LogP contribution in [-0.2, 0) is 0 Å². The van der Waals surface area contributed by atoms with E-state index in [-0.39, 0.29) is 0 Å². The van der Waals surface area contributed by atoms with Gasteiger partial charge in [-0.3, -0.25) is 9.13 Å². The molecule has 6 heteroatoms. The first-order chi connectivity index (χ1) is 46.6. The van der Waals surface area contributed by atoms with Gasteiger partial charge in [-0.1, -0.05) is 279 Å². The van der Waals surface area contributed by atoms with Crippen molar-refractivity contribution in [2.75, 3.05) is 0 Å². The maximum atomic E-state index is 5.14. The fraction of sp³-hybridized carbons (Fsp3) is 0. The van der Waals surface area contributed by atoms with Gasteiger partial charge >= 0.3 is 0 Å². The third-order valence-electron chi connectivity index (χ3n) is 18.0. The first kappa shape index (κ1) is 55.4. The third kappa shape index (κ3) is 10.1. The van der Waals surface area contributed by atoms with Crippen LogP contribution >= 0.6 is 0 Å². The lowest BCUT2D eigenvalue weighted by atomic mass is 9.91. The van der Waals surface area contributed by atoms with Crippen molar-refractivity contribution >= 4 is 65.4 Å². The van der Waals surface area contributed by atoms with Gasteiger partial charge < -0.3 is 0 Å². The summed E-state index contributed by atoms with van der Waals surface area (Å²) >= 11 is 0. The Hall–Kier alpha value is -12.6. The Balaban J connectivity index is 0.000000143. The van der Waals surface area contributed by atoms with Crippen molar-refractivity contribution in [1.82, 2.24) is 29.1 Å². The standard InChI is InChI=1S/2C44H29N3/c1-3-13-31(14-4-1)43-38-21-12-20-36(42(38)37-19-7-8-22-39(37)45-43)34-16-11-15-33(29-34)30-25-27-32(28-26-30)44-46-40-23-9-10-24-41(40)47(44)35-17-5-2-6-18-35;1-3-13-31(14-4-1)43-38-21-12-20-36(42(38)37-19-7-8-22-39(37)45-43)34-18-11-17-33(29-34)30-25-27-35(28-26-30)47-41-24-10-9-23-40(41)46-44(47)32-15-5-2-6-16-32/h2*1-29H. The SMILES string of the molecule is c1ccc(-c2nc3ccccc3c3c(-c4cccc(-c5ccc(-c6nc7ccccc7n6-c6ccccc6)cc5)c4)cccc23)cc1.c1ccc(-c2nc3ccccc3c3c(-c4cccc(-c5ccc(-n6c(-c7ccccc7)nc7ccccc76)cc5)c4)cccc23)cc1.